The quantitative estimate of drug-likeness (QED) is 0.383. The number of benzene rings is 2. The molecule has 5 N–H and O–H groups in total. The topological polar surface area (TPSA) is 129 Å². The Morgan fingerprint density at radius 1 is 0.903 bits per heavy atom. The van der Waals surface area contributed by atoms with E-state index in [0.29, 0.717) is 17.9 Å². The summed E-state index contributed by atoms with van der Waals surface area (Å²) in [7, 11) is 0. The molecule has 1 heterocycles. The summed E-state index contributed by atoms with van der Waals surface area (Å²) < 4.78 is 16.8. The van der Waals surface area contributed by atoms with Crippen LogP contribution in [-0.4, -0.2) is 76.1 Å². The summed E-state index contributed by atoms with van der Waals surface area (Å²) in [6.45, 7) is 1.51. The number of aliphatic hydroxyl groups excluding tert-OH is 5. The molecular weight excluding hydrogens is 404 g/mol. The molecule has 0 radical (unpaired) electrons. The van der Waals surface area contributed by atoms with Crippen molar-refractivity contribution in [1.82, 2.24) is 0 Å². The molecule has 0 unspecified atom stereocenters. The van der Waals surface area contributed by atoms with E-state index in [1.54, 1.807) is 12.1 Å². The standard InChI is InChI=1S/C23H30O8/c1-2-14-3-5-15(6-4-14)11-16-7-8-17(29-10-9-24)12-18(16)30-23-22(28)21(27)20(26)19(13-25)31-23/h3-8,12,19-28H,2,9-11,13H2,1H3/t19-,20-,21+,22-,23-/m1/s1. The van der Waals surface area contributed by atoms with Gasteiger partial charge in [0.25, 0.3) is 0 Å². The van der Waals surface area contributed by atoms with Crippen LogP contribution in [0.4, 0.5) is 0 Å². The molecule has 8 nitrogen and oxygen atoms in total. The lowest BCUT2D eigenvalue weighted by Gasteiger charge is -2.39. The van der Waals surface area contributed by atoms with E-state index in [2.05, 4.69) is 19.1 Å². The molecule has 0 aromatic heterocycles. The summed E-state index contributed by atoms with van der Waals surface area (Å²) in [6, 6.07) is 13.4. The van der Waals surface area contributed by atoms with E-state index >= 15 is 0 Å². The molecule has 170 valence electrons. The van der Waals surface area contributed by atoms with Crippen LogP contribution in [0.25, 0.3) is 0 Å². The highest BCUT2D eigenvalue weighted by atomic mass is 16.7. The van der Waals surface area contributed by atoms with Gasteiger partial charge in [0.05, 0.1) is 13.2 Å². The molecule has 3 rings (SSSR count). The van der Waals surface area contributed by atoms with Gasteiger partial charge in [0.15, 0.2) is 0 Å². The fraction of sp³-hybridized carbons (Fsp3) is 0.478. The smallest absolute Gasteiger partial charge is 0.229 e. The van der Waals surface area contributed by atoms with E-state index in [1.807, 2.05) is 18.2 Å². The summed E-state index contributed by atoms with van der Waals surface area (Å²) in [5, 5.41) is 48.8. The Bertz CT molecular complexity index is 823. The molecule has 8 heteroatoms. The third-order valence-electron chi connectivity index (χ3n) is 5.32. The van der Waals surface area contributed by atoms with Crippen LogP contribution < -0.4 is 9.47 Å². The molecule has 5 atom stereocenters. The Kier molecular flexibility index (Phi) is 8.25. The van der Waals surface area contributed by atoms with Gasteiger partial charge in [0, 0.05) is 12.5 Å². The Hall–Kier alpha value is -2.20. The maximum Gasteiger partial charge on any atom is 0.229 e. The van der Waals surface area contributed by atoms with Crippen LogP contribution in [0.2, 0.25) is 0 Å². The van der Waals surface area contributed by atoms with Gasteiger partial charge >= 0.3 is 0 Å². The molecule has 0 bridgehead atoms. The molecule has 1 fully saturated rings. The van der Waals surface area contributed by atoms with Crippen LogP contribution in [0.5, 0.6) is 11.5 Å². The first kappa shape index (κ1) is 23.5. The van der Waals surface area contributed by atoms with Gasteiger partial charge in [-0.2, -0.15) is 0 Å². The largest absolute Gasteiger partial charge is 0.491 e. The van der Waals surface area contributed by atoms with Crippen molar-refractivity contribution in [3.63, 3.8) is 0 Å². The Balaban J connectivity index is 1.86. The zero-order valence-electron chi connectivity index (χ0n) is 17.4. The lowest BCUT2D eigenvalue weighted by molar-refractivity contribution is -0.277. The predicted octanol–water partition coefficient (Wildman–Crippen LogP) is 0.390. The molecule has 1 aliphatic heterocycles. The molecule has 2 aromatic rings. The molecule has 1 aliphatic rings. The van der Waals surface area contributed by atoms with Gasteiger partial charge in [-0.3, -0.25) is 0 Å². The minimum Gasteiger partial charge on any atom is -0.491 e. The summed E-state index contributed by atoms with van der Waals surface area (Å²) in [4.78, 5) is 0. The zero-order chi connectivity index (χ0) is 22.4. The summed E-state index contributed by atoms with van der Waals surface area (Å²) in [5.41, 5.74) is 3.08. The van der Waals surface area contributed by atoms with E-state index in [9.17, 15) is 20.4 Å². The molecule has 0 spiro atoms. The SMILES string of the molecule is CCc1ccc(Cc2ccc(OCCO)cc2O[C@@H]2O[C@H](CO)[C@@H](O)[C@H](O)[C@H]2O)cc1. The summed E-state index contributed by atoms with van der Waals surface area (Å²) in [6.07, 6.45) is -5.39. The molecule has 0 saturated carbocycles. The molecular formula is C23H30O8. The minimum atomic E-state index is -1.53. The maximum absolute atomic E-state index is 10.3. The minimum absolute atomic E-state index is 0.108. The van der Waals surface area contributed by atoms with Gasteiger partial charge in [-0.25, -0.2) is 0 Å². The fourth-order valence-electron chi connectivity index (χ4n) is 3.45. The summed E-state index contributed by atoms with van der Waals surface area (Å²) >= 11 is 0. The van der Waals surface area contributed by atoms with Crippen molar-refractivity contribution in [2.24, 2.45) is 0 Å². The first-order valence-corrected chi connectivity index (χ1v) is 10.4. The van der Waals surface area contributed by atoms with E-state index in [4.69, 9.17) is 19.3 Å². The van der Waals surface area contributed by atoms with Crippen molar-refractivity contribution in [1.29, 1.82) is 0 Å². The van der Waals surface area contributed by atoms with Crippen molar-refractivity contribution in [3.05, 3.63) is 59.2 Å². The zero-order valence-corrected chi connectivity index (χ0v) is 17.4. The number of hydrogen-bond acceptors (Lipinski definition) is 8. The molecule has 31 heavy (non-hydrogen) atoms. The maximum atomic E-state index is 10.3. The lowest BCUT2D eigenvalue weighted by atomic mass is 9.99. The van der Waals surface area contributed by atoms with Crippen LogP contribution in [0.15, 0.2) is 42.5 Å². The third kappa shape index (κ3) is 5.74. The predicted molar refractivity (Wildman–Crippen MR) is 112 cm³/mol. The van der Waals surface area contributed by atoms with Crippen molar-refractivity contribution in [2.75, 3.05) is 19.8 Å². The van der Waals surface area contributed by atoms with E-state index in [-0.39, 0.29) is 13.2 Å². The van der Waals surface area contributed by atoms with Gasteiger partial charge in [-0.15, -0.1) is 0 Å². The Labute approximate surface area is 181 Å². The van der Waals surface area contributed by atoms with E-state index in [1.165, 1.54) is 5.56 Å². The number of aryl methyl sites for hydroxylation is 1. The second kappa shape index (κ2) is 10.9. The first-order valence-electron chi connectivity index (χ1n) is 10.4. The highest BCUT2D eigenvalue weighted by Gasteiger charge is 2.44. The highest BCUT2D eigenvalue weighted by Crippen LogP contribution is 2.31. The molecule has 1 saturated heterocycles. The lowest BCUT2D eigenvalue weighted by Crippen LogP contribution is -2.60. The van der Waals surface area contributed by atoms with Crippen molar-refractivity contribution >= 4 is 0 Å². The van der Waals surface area contributed by atoms with Crippen molar-refractivity contribution < 1.29 is 39.7 Å². The number of aliphatic hydroxyl groups is 5. The van der Waals surface area contributed by atoms with Crippen LogP contribution in [-0.2, 0) is 17.6 Å². The average molecular weight is 434 g/mol. The molecule has 0 aliphatic carbocycles. The fourth-order valence-corrected chi connectivity index (χ4v) is 3.45. The Morgan fingerprint density at radius 3 is 2.26 bits per heavy atom. The summed E-state index contributed by atoms with van der Waals surface area (Å²) in [5.74, 6) is 0.818. The van der Waals surface area contributed by atoms with Gasteiger partial charge in [0.1, 0.15) is 42.5 Å². The second-order valence-electron chi connectivity index (χ2n) is 7.50. The number of rotatable bonds is 9. The van der Waals surface area contributed by atoms with Crippen LogP contribution in [0, 0.1) is 0 Å². The molecule has 0 amide bonds. The van der Waals surface area contributed by atoms with E-state index < -0.39 is 37.3 Å². The average Bonchev–Trinajstić information content (AvgIpc) is 2.79. The number of hydrogen-bond donors (Lipinski definition) is 5. The van der Waals surface area contributed by atoms with E-state index in [0.717, 1.165) is 17.5 Å². The van der Waals surface area contributed by atoms with Crippen LogP contribution in [0.1, 0.15) is 23.6 Å². The van der Waals surface area contributed by atoms with Crippen molar-refractivity contribution in [2.45, 2.75) is 50.5 Å². The monoisotopic (exact) mass is 434 g/mol. The highest BCUT2D eigenvalue weighted by molar-refractivity contribution is 5.43. The third-order valence-corrected chi connectivity index (χ3v) is 5.32. The Morgan fingerprint density at radius 2 is 1.61 bits per heavy atom. The van der Waals surface area contributed by atoms with Gasteiger partial charge < -0.3 is 39.7 Å². The molecule has 2 aromatic carbocycles. The van der Waals surface area contributed by atoms with Crippen molar-refractivity contribution in [3.8, 4) is 11.5 Å². The first-order chi connectivity index (χ1) is 15.0. The normalized spacial score (nSPS) is 25.9. The van der Waals surface area contributed by atoms with Gasteiger partial charge in [-0.05, 0) is 29.2 Å². The van der Waals surface area contributed by atoms with Gasteiger partial charge in [-0.1, -0.05) is 37.3 Å². The van der Waals surface area contributed by atoms with Gasteiger partial charge in [0.2, 0.25) is 6.29 Å². The second-order valence-corrected chi connectivity index (χ2v) is 7.50. The number of ether oxygens (including phenoxy) is 3. The van der Waals surface area contributed by atoms with Crippen LogP contribution >= 0.6 is 0 Å². The van der Waals surface area contributed by atoms with Crippen LogP contribution in [0.3, 0.4) is 0 Å².